The molecular weight excluding hydrogens is 1000 g/mol. The molecule has 0 saturated heterocycles. The number of sulfonamides is 2. The number of para-hydroxylation sites is 2. The number of fused-ring (bicyclic) bond motifs is 4. The summed E-state index contributed by atoms with van der Waals surface area (Å²) in [4.78, 5) is 29.6. The van der Waals surface area contributed by atoms with Gasteiger partial charge >= 0.3 is 0 Å². The van der Waals surface area contributed by atoms with Crippen LogP contribution in [0.25, 0.3) is 0 Å². The number of thioether (sulfide) groups is 3. The van der Waals surface area contributed by atoms with Crippen LogP contribution in [0.15, 0.2) is 114 Å². The van der Waals surface area contributed by atoms with Crippen LogP contribution in [-0.4, -0.2) is 95.2 Å². The highest BCUT2D eigenvalue weighted by Crippen LogP contribution is 2.48. The molecule has 0 aliphatic carbocycles. The van der Waals surface area contributed by atoms with Crippen molar-refractivity contribution in [2.24, 2.45) is 5.92 Å². The Labute approximate surface area is 430 Å². The summed E-state index contributed by atoms with van der Waals surface area (Å²) in [5.74, 6) is 2.56. The summed E-state index contributed by atoms with van der Waals surface area (Å²) in [5, 5.41) is 13.0. The number of unbranched alkanes of at least 4 members (excludes halogenated alkanes) is 1. The van der Waals surface area contributed by atoms with E-state index in [1.165, 1.54) is 42.8 Å². The van der Waals surface area contributed by atoms with Gasteiger partial charge in [-0.1, -0.05) is 51.3 Å². The molecule has 8 rings (SSSR count). The second-order valence-electron chi connectivity index (χ2n) is 16.9. The Kier molecular flexibility index (Phi) is 18.1. The molecule has 4 aliphatic heterocycles. The fourth-order valence-corrected chi connectivity index (χ4v) is 14.7. The third kappa shape index (κ3) is 12.5. The van der Waals surface area contributed by atoms with Gasteiger partial charge in [-0.25, -0.2) is 16.8 Å². The van der Waals surface area contributed by atoms with E-state index in [1.807, 2.05) is 44.2 Å². The van der Waals surface area contributed by atoms with Gasteiger partial charge in [0.1, 0.15) is 40.4 Å². The van der Waals surface area contributed by atoms with Gasteiger partial charge in [0.2, 0.25) is 0 Å². The zero-order chi connectivity index (χ0) is 50.9. The molecule has 4 aliphatic rings. The molecule has 4 aromatic rings. The van der Waals surface area contributed by atoms with Gasteiger partial charge in [-0.3, -0.25) is 18.2 Å². The number of aryl methyl sites for hydroxylation is 1. The molecule has 4 heterocycles. The van der Waals surface area contributed by atoms with Gasteiger partial charge in [0.15, 0.2) is 11.5 Å². The number of hydrogen-bond donors (Lipinski definition) is 4. The number of methoxy groups -OCH3 is 1. The molecular formula is C50H62N6O10S5. The number of hydrogen-bond acceptors (Lipinski definition) is 15. The van der Waals surface area contributed by atoms with Gasteiger partial charge in [0.25, 0.3) is 31.9 Å². The van der Waals surface area contributed by atoms with Crippen LogP contribution in [0.4, 0.5) is 22.7 Å². The van der Waals surface area contributed by atoms with E-state index < -0.39 is 31.9 Å². The topological polar surface area (TPSA) is 194 Å². The van der Waals surface area contributed by atoms with Crippen molar-refractivity contribution in [1.29, 1.82) is 0 Å². The highest BCUT2D eigenvalue weighted by atomic mass is 32.2. The van der Waals surface area contributed by atoms with E-state index in [0.29, 0.717) is 73.1 Å². The van der Waals surface area contributed by atoms with Crippen LogP contribution in [0.1, 0.15) is 65.4 Å². The van der Waals surface area contributed by atoms with Crippen molar-refractivity contribution in [2.45, 2.75) is 91.2 Å². The van der Waals surface area contributed by atoms with Crippen molar-refractivity contribution in [1.82, 2.24) is 8.61 Å². The molecule has 0 fully saturated rings. The average Bonchev–Trinajstić information content (AvgIpc) is 3.82. The van der Waals surface area contributed by atoms with Crippen LogP contribution in [0.5, 0.6) is 17.2 Å². The Morgan fingerprint density at radius 3 is 2.30 bits per heavy atom. The van der Waals surface area contributed by atoms with Gasteiger partial charge in [-0.05, 0) is 81.5 Å². The Hall–Kier alpha value is -5.19. The molecule has 71 heavy (non-hydrogen) atoms. The lowest BCUT2D eigenvalue weighted by Crippen LogP contribution is -2.40. The summed E-state index contributed by atoms with van der Waals surface area (Å²) in [6.45, 7) is 11.7. The Morgan fingerprint density at radius 1 is 0.873 bits per heavy atom. The van der Waals surface area contributed by atoms with E-state index in [-0.39, 0.29) is 33.6 Å². The van der Waals surface area contributed by atoms with Gasteiger partial charge in [0.05, 0.1) is 34.9 Å². The largest absolute Gasteiger partial charge is 0.492 e. The molecule has 4 aromatic carbocycles. The number of carbonyl (C=O) groups is 2. The molecule has 1 unspecified atom stereocenters. The number of carbonyl (C=O) groups excluding carboxylic acids is 2. The van der Waals surface area contributed by atoms with Crippen molar-refractivity contribution in [3.05, 3.63) is 95.6 Å². The lowest BCUT2D eigenvalue weighted by Gasteiger charge is -2.34. The van der Waals surface area contributed by atoms with E-state index in [1.54, 1.807) is 79.7 Å². The zero-order valence-corrected chi connectivity index (χ0v) is 45.1. The third-order valence-electron chi connectivity index (χ3n) is 11.9. The van der Waals surface area contributed by atoms with Gasteiger partial charge in [0, 0.05) is 71.0 Å². The maximum atomic E-state index is 13.7. The van der Waals surface area contributed by atoms with Crippen LogP contribution in [-0.2, 0) is 34.4 Å². The predicted octanol–water partition coefficient (Wildman–Crippen LogP) is 10.2. The van der Waals surface area contributed by atoms with Gasteiger partial charge in [-0.15, -0.1) is 35.3 Å². The minimum Gasteiger partial charge on any atom is -0.492 e. The minimum atomic E-state index is -3.88. The lowest BCUT2D eigenvalue weighted by molar-refractivity contribution is -0.113. The summed E-state index contributed by atoms with van der Waals surface area (Å²) in [6, 6.07) is 19.8. The van der Waals surface area contributed by atoms with Crippen molar-refractivity contribution >= 4 is 89.9 Å². The molecule has 1 atom stereocenters. The van der Waals surface area contributed by atoms with Crippen LogP contribution in [0.2, 0.25) is 0 Å². The minimum absolute atomic E-state index is 0.0720. The van der Waals surface area contributed by atoms with E-state index in [9.17, 15) is 26.4 Å². The molecule has 0 spiro atoms. The van der Waals surface area contributed by atoms with Crippen molar-refractivity contribution in [2.75, 3.05) is 79.2 Å². The number of nitrogens with zero attached hydrogens (tertiary/aromatic N) is 2. The van der Waals surface area contributed by atoms with Crippen LogP contribution >= 0.6 is 35.3 Å². The number of amides is 2. The van der Waals surface area contributed by atoms with Gasteiger partial charge < -0.3 is 40.2 Å². The number of nitrogens with one attached hydrogen (secondary N) is 4. The first-order chi connectivity index (χ1) is 34.1. The summed E-state index contributed by atoms with van der Waals surface area (Å²) in [5.41, 5.74) is 3.34. The number of benzene rings is 4. The van der Waals surface area contributed by atoms with Crippen molar-refractivity contribution in [3.63, 3.8) is 0 Å². The van der Waals surface area contributed by atoms with E-state index >= 15 is 0 Å². The molecule has 21 heteroatoms. The number of anilines is 4. The summed E-state index contributed by atoms with van der Waals surface area (Å²) < 4.78 is 78.0. The van der Waals surface area contributed by atoms with Crippen molar-refractivity contribution in [3.8, 4) is 17.2 Å². The molecule has 0 saturated carbocycles. The highest BCUT2D eigenvalue weighted by molar-refractivity contribution is 8.18. The zero-order valence-electron chi connectivity index (χ0n) is 41.0. The molecule has 382 valence electrons. The smallest absolute Gasteiger partial charge is 0.267 e. The second kappa shape index (κ2) is 24.0. The number of rotatable bonds is 17. The van der Waals surface area contributed by atoms with Gasteiger partial charge in [-0.2, -0.15) is 0 Å². The monoisotopic (exact) mass is 1070 g/mol. The second-order valence-corrected chi connectivity index (χ2v) is 24.2. The maximum Gasteiger partial charge on any atom is 0.267 e. The number of ether oxygens (including phenoxy) is 4. The summed E-state index contributed by atoms with van der Waals surface area (Å²) >= 11 is 5.05. The highest BCUT2D eigenvalue weighted by Gasteiger charge is 2.38. The van der Waals surface area contributed by atoms with Crippen molar-refractivity contribution < 1.29 is 45.4 Å². The maximum absolute atomic E-state index is 13.7. The lowest BCUT2D eigenvalue weighted by atomic mass is 10.0. The molecule has 0 radical (unpaired) electrons. The molecule has 2 amide bonds. The Morgan fingerprint density at radius 2 is 1.58 bits per heavy atom. The molecule has 0 bridgehead atoms. The SMILES string of the molecule is CCCCC(CC)CSc1ccc(C)cc1NC(=O)/C=C1/Nc2cc3c(cc2S(=O)(=O)N1C)OCCO3.CCOc1ccccc1NC(=O)/C(C)=C1/Nc2cc3c(cc2S(=O)(=O)N1CCCOC)SCS3. The Bertz CT molecular complexity index is 2910. The Balaban J connectivity index is 0.000000209. The summed E-state index contributed by atoms with van der Waals surface area (Å²) in [7, 11) is -4.77. The standard InChI is InChI=1S/C27H35N3O5S2.C23H27N3O5S3/c1-5-7-8-19(6-2)17-36-24-10-9-18(3)13-20(24)29-27(31)16-26-28-21-14-22-23(35-12-11-34-22)15-25(21)37(32,33)30(26)4;1-4-31-18-9-6-5-8-16(18)25-23(27)15(2)22-24-17-12-19-20(33-14-32-19)13-21(17)34(28,29)26(22)10-7-11-30-3/h9-10,13-16,19,28H,5-8,11-12,17H2,1-4H3,(H,29,31);5-6,8-9,12-13,24H,4,7,10-11,14H2,1-3H3,(H,25,27)/b26-16-;22-15-. The fourth-order valence-electron chi connectivity index (χ4n) is 7.97. The normalized spacial score (nSPS) is 17.5. The van der Waals surface area contributed by atoms with Crippen LogP contribution < -0.4 is 35.5 Å². The predicted molar refractivity (Wildman–Crippen MR) is 284 cm³/mol. The molecule has 0 aromatic heterocycles. The van der Waals surface area contributed by atoms with Crippen LogP contribution in [0.3, 0.4) is 0 Å². The quantitative estimate of drug-likeness (QED) is 0.0443. The van der Waals surface area contributed by atoms with E-state index in [4.69, 9.17) is 18.9 Å². The van der Waals surface area contributed by atoms with E-state index in [0.717, 1.165) is 47.5 Å². The molecule has 16 nitrogen and oxygen atoms in total. The van der Waals surface area contributed by atoms with E-state index in [2.05, 4.69) is 35.1 Å². The average molecular weight is 1070 g/mol. The molecule has 4 N–H and O–H groups in total. The third-order valence-corrected chi connectivity index (χ3v) is 19.3. The first kappa shape index (κ1) is 53.6. The van der Waals surface area contributed by atoms with Crippen LogP contribution in [0, 0.1) is 12.8 Å². The first-order valence-corrected chi connectivity index (χ1v) is 29.3. The fraction of sp³-hybridized carbons (Fsp3) is 0.400. The summed E-state index contributed by atoms with van der Waals surface area (Å²) in [6.07, 6.45) is 6.49. The first-order valence-electron chi connectivity index (χ1n) is 23.5.